The lowest BCUT2D eigenvalue weighted by molar-refractivity contribution is 0.0615. The number of aromatic nitrogens is 5. The van der Waals surface area contributed by atoms with Gasteiger partial charge in [-0.25, -0.2) is 23.3 Å². The zero-order chi connectivity index (χ0) is 18.3. The predicted octanol–water partition coefficient (Wildman–Crippen LogP) is 1.90. The van der Waals surface area contributed by atoms with Crippen molar-refractivity contribution in [3.8, 4) is 23.1 Å². The SMILES string of the molecule is COc1ncc(-c2cc(N3CC(C(F)F)C3)c3nccn3n2)c(OC)n1. The average molecular weight is 362 g/mol. The number of anilines is 1. The highest BCUT2D eigenvalue weighted by Gasteiger charge is 2.35. The molecule has 3 aromatic heterocycles. The van der Waals surface area contributed by atoms with Crippen molar-refractivity contribution in [2.24, 2.45) is 5.92 Å². The van der Waals surface area contributed by atoms with Crippen LogP contribution >= 0.6 is 0 Å². The Morgan fingerprint density at radius 1 is 1.19 bits per heavy atom. The zero-order valence-electron chi connectivity index (χ0n) is 14.1. The van der Waals surface area contributed by atoms with Crippen LogP contribution in [0.25, 0.3) is 16.9 Å². The number of ether oxygens (including phenoxy) is 2. The Labute approximate surface area is 147 Å². The maximum atomic E-state index is 12.8. The molecule has 0 unspecified atom stereocenters. The molecule has 4 heterocycles. The molecule has 8 nitrogen and oxygen atoms in total. The lowest BCUT2D eigenvalue weighted by Gasteiger charge is -2.40. The highest BCUT2D eigenvalue weighted by molar-refractivity contribution is 5.76. The van der Waals surface area contributed by atoms with Crippen LogP contribution in [0.15, 0.2) is 24.7 Å². The molecule has 0 aromatic carbocycles. The minimum atomic E-state index is -2.32. The number of hydrogen-bond acceptors (Lipinski definition) is 7. The van der Waals surface area contributed by atoms with Crippen LogP contribution in [0, 0.1) is 5.92 Å². The van der Waals surface area contributed by atoms with E-state index in [1.165, 1.54) is 14.2 Å². The van der Waals surface area contributed by atoms with Crippen molar-refractivity contribution in [2.75, 3.05) is 32.2 Å². The maximum absolute atomic E-state index is 12.8. The Kier molecular flexibility index (Phi) is 4.02. The fourth-order valence-corrected chi connectivity index (χ4v) is 2.91. The minimum absolute atomic E-state index is 0.178. The molecule has 136 valence electrons. The zero-order valence-corrected chi connectivity index (χ0v) is 14.1. The van der Waals surface area contributed by atoms with Gasteiger partial charge < -0.3 is 14.4 Å². The molecule has 0 bridgehead atoms. The number of hydrogen-bond donors (Lipinski definition) is 0. The molecule has 1 saturated heterocycles. The quantitative estimate of drug-likeness (QED) is 0.686. The largest absolute Gasteiger partial charge is 0.480 e. The second kappa shape index (κ2) is 6.36. The molecular weight excluding hydrogens is 346 g/mol. The number of rotatable bonds is 5. The summed E-state index contributed by atoms with van der Waals surface area (Å²) in [4.78, 5) is 14.4. The van der Waals surface area contributed by atoms with Crippen LogP contribution in [-0.4, -0.2) is 58.3 Å². The van der Waals surface area contributed by atoms with E-state index < -0.39 is 12.3 Å². The van der Waals surface area contributed by atoms with Crippen molar-refractivity contribution >= 4 is 11.3 Å². The second-order valence-electron chi connectivity index (χ2n) is 5.89. The lowest BCUT2D eigenvalue weighted by Crippen LogP contribution is -2.50. The molecule has 1 aliphatic heterocycles. The molecule has 0 saturated carbocycles. The van der Waals surface area contributed by atoms with Crippen molar-refractivity contribution < 1.29 is 18.3 Å². The van der Waals surface area contributed by atoms with E-state index >= 15 is 0 Å². The molecule has 0 amide bonds. The standard InChI is InChI=1S/C16H16F2N6O2/c1-25-15-10(6-20-16(21-15)26-2)11-5-12(14-19-3-4-24(14)22-11)23-7-9(8-23)13(17)18/h3-6,9,13H,7-8H2,1-2H3. The topological polar surface area (TPSA) is 77.7 Å². The Hall–Kier alpha value is -3.04. The van der Waals surface area contributed by atoms with E-state index in [2.05, 4.69) is 20.1 Å². The van der Waals surface area contributed by atoms with Crippen molar-refractivity contribution in [1.29, 1.82) is 0 Å². The number of nitrogens with zero attached hydrogens (tertiary/aromatic N) is 6. The molecule has 1 fully saturated rings. The van der Waals surface area contributed by atoms with Crippen LogP contribution in [0.4, 0.5) is 14.5 Å². The molecule has 0 radical (unpaired) electrons. The number of halogens is 2. The second-order valence-corrected chi connectivity index (χ2v) is 5.89. The van der Waals surface area contributed by atoms with Gasteiger partial charge in [-0.2, -0.15) is 10.1 Å². The fraction of sp³-hybridized carbons (Fsp3) is 0.375. The number of methoxy groups -OCH3 is 2. The summed E-state index contributed by atoms with van der Waals surface area (Å²) in [5.41, 5.74) is 2.45. The van der Waals surface area contributed by atoms with Gasteiger partial charge in [-0.3, -0.25) is 0 Å². The third kappa shape index (κ3) is 2.67. The third-order valence-electron chi connectivity index (χ3n) is 4.33. The first kappa shape index (κ1) is 16.4. The molecule has 0 spiro atoms. The van der Waals surface area contributed by atoms with Crippen LogP contribution < -0.4 is 14.4 Å². The molecule has 0 N–H and O–H groups in total. The maximum Gasteiger partial charge on any atom is 0.319 e. The van der Waals surface area contributed by atoms with Crippen LogP contribution in [0.1, 0.15) is 0 Å². The van der Waals surface area contributed by atoms with Gasteiger partial charge in [0, 0.05) is 31.7 Å². The molecular formula is C16H16F2N6O2. The van der Waals surface area contributed by atoms with Crippen LogP contribution in [0.3, 0.4) is 0 Å². The first-order valence-corrected chi connectivity index (χ1v) is 7.93. The molecule has 0 aliphatic carbocycles. The van der Waals surface area contributed by atoms with Gasteiger partial charge in [-0.1, -0.05) is 0 Å². The lowest BCUT2D eigenvalue weighted by atomic mass is 10.00. The summed E-state index contributed by atoms with van der Waals surface area (Å²) in [5, 5.41) is 4.50. The van der Waals surface area contributed by atoms with Crippen molar-refractivity contribution in [1.82, 2.24) is 24.6 Å². The first-order valence-electron chi connectivity index (χ1n) is 7.93. The predicted molar refractivity (Wildman–Crippen MR) is 88.8 cm³/mol. The van der Waals surface area contributed by atoms with Crippen LogP contribution in [0.2, 0.25) is 0 Å². The van der Waals surface area contributed by atoms with Gasteiger partial charge in [0.25, 0.3) is 0 Å². The van der Waals surface area contributed by atoms with Gasteiger partial charge in [0.15, 0.2) is 5.65 Å². The van der Waals surface area contributed by atoms with E-state index in [1.54, 1.807) is 29.2 Å². The molecule has 3 aromatic rings. The van der Waals surface area contributed by atoms with E-state index in [0.717, 1.165) is 5.69 Å². The van der Waals surface area contributed by atoms with E-state index in [0.29, 0.717) is 22.8 Å². The monoisotopic (exact) mass is 362 g/mol. The summed E-state index contributed by atoms with van der Waals surface area (Å²) in [6.07, 6.45) is 2.54. The summed E-state index contributed by atoms with van der Waals surface area (Å²) in [5.74, 6) is -0.315. The van der Waals surface area contributed by atoms with Crippen molar-refractivity contribution in [3.63, 3.8) is 0 Å². The van der Waals surface area contributed by atoms with Crippen LogP contribution in [-0.2, 0) is 0 Å². The van der Waals surface area contributed by atoms with Gasteiger partial charge in [0.1, 0.15) is 5.69 Å². The molecule has 0 atom stereocenters. The Morgan fingerprint density at radius 2 is 2.00 bits per heavy atom. The van der Waals surface area contributed by atoms with Crippen LogP contribution in [0.5, 0.6) is 11.9 Å². The summed E-state index contributed by atoms with van der Waals surface area (Å²) in [7, 11) is 2.95. The summed E-state index contributed by atoms with van der Waals surface area (Å²) in [6.45, 7) is 0.555. The normalized spacial score (nSPS) is 14.7. The van der Waals surface area contributed by atoms with Gasteiger partial charge in [0.2, 0.25) is 12.3 Å². The van der Waals surface area contributed by atoms with E-state index in [9.17, 15) is 8.78 Å². The Bertz CT molecular complexity index is 942. The summed E-state index contributed by atoms with van der Waals surface area (Å²) >= 11 is 0. The third-order valence-corrected chi connectivity index (χ3v) is 4.33. The van der Waals surface area contributed by atoms with E-state index in [-0.39, 0.29) is 19.1 Å². The summed E-state index contributed by atoms with van der Waals surface area (Å²) in [6, 6.07) is 1.97. The first-order chi connectivity index (χ1) is 12.6. The molecule has 26 heavy (non-hydrogen) atoms. The highest BCUT2D eigenvalue weighted by atomic mass is 19.3. The average Bonchev–Trinajstić information content (AvgIpc) is 3.08. The van der Waals surface area contributed by atoms with Gasteiger partial charge in [-0.15, -0.1) is 0 Å². The molecule has 10 heteroatoms. The molecule has 4 rings (SSSR count). The van der Waals surface area contributed by atoms with E-state index in [4.69, 9.17) is 9.47 Å². The fourth-order valence-electron chi connectivity index (χ4n) is 2.91. The van der Waals surface area contributed by atoms with Gasteiger partial charge in [0.05, 0.1) is 31.4 Å². The number of imidazole rings is 1. The highest BCUT2D eigenvalue weighted by Crippen LogP contribution is 2.35. The van der Waals surface area contributed by atoms with E-state index in [1.807, 2.05) is 4.90 Å². The number of alkyl halides is 2. The van der Waals surface area contributed by atoms with Gasteiger partial charge >= 0.3 is 6.01 Å². The smallest absolute Gasteiger partial charge is 0.319 e. The minimum Gasteiger partial charge on any atom is -0.480 e. The van der Waals surface area contributed by atoms with Gasteiger partial charge in [-0.05, 0) is 6.07 Å². The number of fused-ring (bicyclic) bond motifs is 1. The molecule has 1 aliphatic rings. The van der Waals surface area contributed by atoms with Crippen molar-refractivity contribution in [3.05, 3.63) is 24.7 Å². The Morgan fingerprint density at radius 3 is 2.69 bits per heavy atom. The van der Waals surface area contributed by atoms with Crippen molar-refractivity contribution in [2.45, 2.75) is 6.43 Å². The Balaban J connectivity index is 1.78. The summed E-state index contributed by atoms with van der Waals surface area (Å²) < 4.78 is 37.6.